The van der Waals surface area contributed by atoms with Crippen molar-refractivity contribution >= 4 is 53.8 Å². The summed E-state index contributed by atoms with van der Waals surface area (Å²) in [5.74, 6) is -0.735. The molecule has 110 valence electrons. The van der Waals surface area contributed by atoms with Crippen molar-refractivity contribution in [3.05, 3.63) is 53.7 Å². The van der Waals surface area contributed by atoms with Crippen molar-refractivity contribution < 1.29 is 9.53 Å². The SMILES string of the molecule is CCOC(=O)c1nn(-c2c(Br)cc(Br)cc2Br)ccc1=O. The summed E-state index contributed by atoms with van der Waals surface area (Å²) >= 11 is 10.2. The Kier molecular flexibility index (Phi) is 5.34. The highest BCUT2D eigenvalue weighted by atomic mass is 79.9. The standard InChI is InChI=1S/C13H9Br3N2O3/c1-2-21-13(20)11-10(19)3-4-18(17-11)12-8(15)5-7(14)6-9(12)16/h3-6H,2H2,1H3. The molecule has 5 nitrogen and oxygen atoms in total. The number of rotatable bonds is 3. The molecule has 1 heterocycles. The molecule has 0 spiro atoms. The molecule has 0 unspecified atom stereocenters. The maximum absolute atomic E-state index is 11.7. The van der Waals surface area contributed by atoms with E-state index in [0.29, 0.717) is 5.69 Å². The number of ether oxygens (including phenoxy) is 1. The highest BCUT2D eigenvalue weighted by Crippen LogP contribution is 2.32. The third-order valence-electron chi connectivity index (χ3n) is 2.49. The van der Waals surface area contributed by atoms with E-state index in [9.17, 15) is 9.59 Å². The zero-order chi connectivity index (χ0) is 15.6. The Morgan fingerprint density at radius 3 is 2.48 bits per heavy atom. The molecule has 0 N–H and O–H groups in total. The van der Waals surface area contributed by atoms with Gasteiger partial charge in [-0.2, -0.15) is 5.10 Å². The number of carbonyl (C=O) groups excluding carboxylic acids is 1. The van der Waals surface area contributed by atoms with E-state index in [4.69, 9.17) is 4.74 Å². The largest absolute Gasteiger partial charge is 0.461 e. The van der Waals surface area contributed by atoms with Crippen LogP contribution < -0.4 is 5.43 Å². The first kappa shape index (κ1) is 16.4. The summed E-state index contributed by atoms with van der Waals surface area (Å²) in [5, 5.41) is 4.07. The summed E-state index contributed by atoms with van der Waals surface area (Å²) in [5.41, 5.74) is -0.0566. The Labute approximate surface area is 145 Å². The van der Waals surface area contributed by atoms with Crippen LogP contribution in [0, 0.1) is 0 Å². The third kappa shape index (κ3) is 3.61. The number of nitrogens with zero attached hydrogens (tertiary/aromatic N) is 2. The van der Waals surface area contributed by atoms with E-state index in [1.54, 1.807) is 6.92 Å². The molecule has 2 aromatic rings. The second kappa shape index (κ2) is 6.85. The normalized spacial score (nSPS) is 10.5. The lowest BCUT2D eigenvalue weighted by Gasteiger charge is -2.11. The summed E-state index contributed by atoms with van der Waals surface area (Å²) in [6, 6.07) is 4.95. The predicted molar refractivity (Wildman–Crippen MR) is 88.9 cm³/mol. The Balaban J connectivity index is 2.59. The van der Waals surface area contributed by atoms with Crippen LogP contribution in [0.25, 0.3) is 5.69 Å². The maximum atomic E-state index is 11.7. The van der Waals surface area contributed by atoms with Crippen molar-refractivity contribution in [2.75, 3.05) is 6.61 Å². The highest BCUT2D eigenvalue weighted by molar-refractivity contribution is 9.11. The van der Waals surface area contributed by atoms with Gasteiger partial charge in [-0.15, -0.1) is 0 Å². The molecule has 1 aromatic heterocycles. The summed E-state index contributed by atoms with van der Waals surface area (Å²) < 4.78 is 8.63. The molecule has 0 aliphatic rings. The van der Waals surface area contributed by atoms with Gasteiger partial charge in [0.05, 0.1) is 12.3 Å². The summed E-state index contributed by atoms with van der Waals surface area (Å²) in [7, 11) is 0. The average molecular weight is 481 g/mol. The molecule has 2 rings (SSSR count). The van der Waals surface area contributed by atoms with E-state index in [-0.39, 0.29) is 12.3 Å². The van der Waals surface area contributed by atoms with Crippen molar-refractivity contribution in [2.45, 2.75) is 6.92 Å². The van der Waals surface area contributed by atoms with Crippen LogP contribution in [0.3, 0.4) is 0 Å². The molecule has 21 heavy (non-hydrogen) atoms. The molecule has 0 aliphatic heterocycles. The van der Waals surface area contributed by atoms with E-state index in [1.165, 1.54) is 16.9 Å². The Hall–Kier alpha value is -0.990. The first-order valence-corrected chi connectivity index (χ1v) is 8.24. The van der Waals surface area contributed by atoms with E-state index >= 15 is 0 Å². The summed E-state index contributed by atoms with van der Waals surface area (Å²) in [4.78, 5) is 23.5. The van der Waals surface area contributed by atoms with Crippen LogP contribution in [0.15, 0.2) is 42.6 Å². The monoisotopic (exact) mass is 478 g/mol. The van der Waals surface area contributed by atoms with Crippen molar-refractivity contribution in [2.24, 2.45) is 0 Å². The highest BCUT2D eigenvalue weighted by Gasteiger charge is 2.16. The average Bonchev–Trinajstić information content (AvgIpc) is 2.39. The minimum atomic E-state index is -0.735. The molecule has 8 heteroatoms. The Morgan fingerprint density at radius 2 is 1.90 bits per heavy atom. The minimum Gasteiger partial charge on any atom is -0.461 e. The minimum absolute atomic E-state index is 0.181. The molecule has 0 saturated heterocycles. The number of benzene rings is 1. The van der Waals surface area contributed by atoms with Crippen LogP contribution in [0.5, 0.6) is 0 Å². The zero-order valence-electron chi connectivity index (χ0n) is 10.8. The van der Waals surface area contributed by atoms with E-state index in [1.807, 2.05) is 12.1 Å². The number of hydrogen-bond donors (Lipinski definition) is 0. The van der Waals surface area contributed by atoms with E-state index in [0.717, 1.165) is 13.4 Å². The Bertz CT molecular complexity index is 736. The van der Waals surface area contributed by atoms with Crippen LogP contribution in [0.1, 0.15) is 17.4 Å². The lowest BCUT2D eigenvalue weighted by atomic mass is 10.3. The van der Waals surface area contributed by atoms with Crippen LogP contribution in [0.2, 0.25) is 0 Å². The van der Waals surface area contributed by atoms with E-state index < -0.39 is 11.4 Å². The van der Waals surface area contributed by atoms with Gasteiger partial charge in [-0.25, -0.2) is 9.48 Å². The summed E-state index contributed by atoms with van der Waals surface area (Å²) in [6.45, 7) is 1.85. The van der Waals surface area contributed by atoms with Crippen molar-refractivity contribution in [1.82, 2.24) is 9.78 Å². The van der Waals surface area contributed by atoms with Gasteiger partial charge in [-0.05, 0) is 50.9 Å². The molecule has 0 aliphatic carbocycles. The number of hydrogen-bond acceptors (Lipinski definition) is 4. The van der Waals surface area contributed by atoms with Crippen LogP contribution in [-0.4, -0.2) is 22.4 Å². The van der Waals surface area contributed by atoms with Gasteiger partial charge in [-0.1, -0.05) is 15.9 Å². The van der Waals surface area contributed by atoms with Gasteiger partial charge in [0.15, 0.2) is 0 Å². The fraction of sp³-hybridized carbons (Fsp3) is 0.154. The lowest BCUT2D eigenvalue weighted by Crippen LogP contribution is -2.22. The number of halogens is 3. The maximum Gasteiger partial charge on any atom is 0.362 e. The van der Waals surface area contributed by atoms with Crippen LogP contribution in [-0.2, 0) is 4.74 Å². The van der Waals surface area contributed by atoms with Crippen molar-refractivity contribution in [3.8, 4) is 5.69 Å². The second-order valence-corrected chi connectivity index (χ2v) is 6.54. The summed E-state index contributed by atoms with van der Waals surface area (Å²) in [6.07, 6.45) is 1.49. The van der Waals surface area contributed by atoms with Crippen molar-refractivity contribution in [3.63, 3.8) is 0 Å². The molecule has 1 aromatic carbocycles. The molecule has 0 radical (unpaired) electrons. The van der Waals surface area contributed by atoms with Gasteiger partial charge < -0.3 is 4.74 Å². The smallest absolute Gasteiger partial charge is 0.362 e. The first-order valence-electron chi connectivity index (χ1n) is 5.86. The lowest BCUT2D eigenvalue weighted by molar-refractivity contribution is 0.0515. The van der Waals surface area contributed by atoms with Gasteiger partial charge in [0.1, 0.15) is 0 Å². The fourth-order valence-electron chi connectivity index (χ4n) is 1.63. The van der Waals surface area contributed by atoms with Gasteiger partial charge in [-0.3, -0.25) is 4.79 Å². The zero-order valence-corrected chi connectivity index (χ0v) is 15.5. The number of esters is 1. The molecular formula is C13H9Br3N2O3. The molecule has 0 fully saturated rings. The van der Waals surface area contributed by atoms with Crippen LogP contribution in [0.4, 0.5) is 0 Å². The predicted octanol–water partition coefficient (Wildman–Crippen LogP) is 3.70. The second-order valence-electron chi connectivity index (χ2n) is 3.91. The van der Waals surface area contributed by atoms with Gasteiger partial charge in [0.25, 0.3) is 0 Å². The quantitative estimate of drug-likeness (QED) is 0.629. The third-order valence-corrected chi connectivity index (χ3v) is 4.15. The van der Waals surface area contributed by atoms with Gasteiger partial charge in [0, 0.05) is 25.7 Å². The number of carbonyl (C=O) groups is 1. The molecule has 0 saturated carbocycles. The first-order chi connectivity index (χ1) is 9.93. The van der Waals surface area contributed by atoms with Gasteiger partial charge >= 0.3 is 5.97 Å². The molecular weight excluding hydrogens is 472 g/mol. The fourth-order valence-corrected chi connectivity index (χ4v) is 4.25. The topological polar surface area (TPSA) is 61.2 Å². The molecule has 0 atom stereocenters. The van der Waals surface area contributed by atoms with Gasteiger partial charge in [0.2, 0.25) is 11.1 Å². The Morgan fingerprint density at radius 1 is 1.29 bits per heavy atom. The van der Waals surface area contributed by atoms with Crippen LogP contribution >= 0.6 is 47.8 Å². The molecule has 0 amide bonds. The van der Waals surface area contributed by atoms with E-state index in [2.05, 4.69) is 52.9 Å². The molecule has 0 bridgehead atoms. The van der Waals surface area contributed by atoms with Crippen molar-refractivity contribution in [1.29, 1.82) is 0 Å². The number of aromatic nitrogens is 2.